The third-order valence-corrected chi connectivity index (χ3v) is 2.57. The number of carbonyl (C=O) groups is 2. The predicted octanol–water partition coefficient (Wildman–Crippen LogP) is 2.31. The lowest BCUT2D eigenvalue weighted by Gasteiger charge is -2.06. The second-order valence-electron chi connectivity index (χ2n) is 3.23. The van der Waals surface area contributed by atoms with E-state index in [4.69, 9.17) is 5.26 Å². The van der Waals surface area contributed by atoms with E-state index in [0.29, 0.717) is 10.9 Å². The van der Waals surface area contributed by atoms with Gasteiger partial charge in [0.1, 0.15) is 0 Å². The van der Waals surface area contributed by atoms with E-state index in [-0.39, 0.29) is 23.3 Å². The molecule has 0 atom stereocenters. The Morgan fingerprint density at radius 3 is 2.65 bits per heavy atom. The molecule has 1 aromatic rings. The van der Waals surface area contributed by atoms with Crippen molar-refractivity contribution in [3.8, 4) is 6.07 Å². The average molecular weight is 296 g/mol. The van der Waals surface area contributed by atoms with Gasteiger partial charge in [0.05, 0.1) is 24.3 Å². The molecule has 0 heterocycles. The number of methoxy groups -OCH3 is 1. The Balaban J connectivity index is 3.26. The smallest absolute Gasteiger partial charge is 0.338 e. The minimum Gasteiger partial charge on any atom is -0.465 e. The summed E-state index contributed by atoms with van der Waals surface area (Å²) in [6.45, 7) is 0. The van der Waals surface area contributed by atoms with E-state index >= 15 is 0 Å². The third kappa shape index (κ3) is 3.14. The molecule has 0 fully saturated rings. The molecule has 0 aliphatic rings. The summed E-state index contributed by atoms with van der Waals surface area (Å²) in [5, 5.41) is 9.28. The van der Waals surface area contributed by atoms with E-state index < -0.39 is 5.97 Å². The monoisotopic (exact) mass is 295 g/mol. The summed E-state index contributed by atoms with van der Waals surface area (Å²) in [5.74, 6) is -0.771. The molecule has 17 heavy (non-hydrogen) atoms. The summed E-state index contributed by atoms with van der Waals surface area (Å²) >= 11 is 3.16. The van der Waals surface area contributed by atoms with Gasteiger partial charge in [0.15, 0.2) is 5.78 Å². The number of carbonyl (C=O) groups excluding carboxylic acids is 2. The van der Waals surface area contributed by atoms with Gasteiger partial charge in [0, 0.05) is 17.3 Å². The Hall–Kier alpha value is -1.67. The fourth-order valence-corrected chi connectivity index (χ4v) is 1.71. The number of alkyl halides is 1. The summed E-state index contributed by atoms with van der Waals surface area (Å²) in [6.07, 6.45) is 0.263. The van der Waals surface area contributed by atoms with Crippen molar-refractivity contribution in [1.82, 2.24) is 0 Å². The van der Waals surface area contributed by atoms with Gasteiger partial charge in [0.2, 0.25) is 0 Å². The van der Waals surface area contributed by atoms with Crippen LogP contribution in [0.3, 0.4) is 0 Å². The number of ether oxygens (including phenoxy) is 1. The first kappa shape index (κ1) is 13.4. The van der Waals surface area contributed by atoms with E-state index in [1.165, 1.54) is 25.3 Å². The molecule has 0 spiro atoms. The number of halogens is 1. The minimum atomic E-state index is -0.576. The fourth-order valence-electron chi connectivity index (χ4n) is 1.35. The molecule has 0 aliphatic carbocycles. The van der Waals surface area contributed by atoms with Crippen LogP contribution < -0.4 is 0 Å². The van der Waals surface area contributed by atoms with Gasteiger partial charge in [0.25, 0.3) is 0 Å². The number of Topliss-reactive ketones (excluding diaryl/α,β-unsaturated/α-hetero) is 1. The summed E-state index contributed by atoms with van der Waals surface area (Å²) in [5.41, 5.74) is 0.767. The molecule has 0 aromatic heterocycles. The Labute approximate surface area is 107 Å². The van der Waals surface area contributed by atoms with Crippen molar-refractivity contribution in [2.75, 3.05) is 12.4 Å². The van der Waals surface area contributed by atoms with Gasteiger partial charge in [-0.15, -0.1) is 0 Å². The average Bonchev–Trinajstić information content (AvgIpc) is 2.37. The standard InChI is InChI=1S/C12H10BrNO3/c1-17-12(16)9-3-2-8(7-14)6-10(9)11(15)4-5-13/h2-3,6H,4-5H2,1H3. The van der Waals surface area contributed by atoms with Crippen LogP contribution in [0.1, 0.15) is 32.7 Å². The van der Waals surface area contributed by atoms with Crippen LogP contribution in [-0.2, 0) is 4.74 Å². The van der Waals surface area contributed by atoms with Crippen LogP contribution in [0.4, 0.5) is 0 Å². The third-order valence-electron chi connectivity index (χ3n) is 2.18. The summed E-state index contributed by atoms with van der Waals surface area (Å²) in [4.78, 5) is 23.3. The highest BCUT2D eigenvalue weighted by Crippen LogP contribution is 2.15. The Morgan fingerprint density at radius 2 is 2.12 bits per heavy atom. The molecule has 0 aliphatic heterocycles. The van der Waals surface area contributed by atoms with Crippen molar-refractivity contribution in [2.45, 2.75) is 6.42 Å². The largest absolute Gasteiger partial charge is 0.465 e. The van der Waals surface area contributed by atoms with Crippen LogP contribution in [0.2, 0.25) is 0 Å². The zero-order valence-corrected chi connectivity index (χ0v) is 10.8. The van der Waals surface area contributed by atoms with Crippen molar-refractivity contribution in [1.29, 1.82) is 5.26 Å². The number of hydrogen-bond acceptors (Lipinski definition) is 4. The second kappa shape index (κ2) is 6.16. The maximum absolute atomic E-state index is 11.8. The quantitative estimate of drug-likeness (QED) is 0.486. The Bertz CT molecular complexity index is 491. The highest BCUT2D eigenvalue weighted by atomic mass is 79.9. The molecule has 0 radical (unpaired) electrons. The number of nitrogens with zero attached hydrogens (tertiary/aromatic N) is 1. The molecule has 0 amide bonds. The zero-order valence-electron chi connectivity index (χ0n) is 9.20. The lowest BCUT2D eigenvalue weighted by atomic mass is 9.99. The molecule has 0 bridgehead atoms. The zero-order chi connectivity index (χ0) is 12.8. The SMILES string of the molecule is COC(=O)c1ccc(C#N)cc1C(=O)CCBr. The topological polar surface area (TPSA) is 67.2 Å². The summed E-state index contributed by atoms with van der Waals surface area (Å²) < 4.78 is 4.59. The van der Waals surface area contributed by atoms with E-state index in [2.05, 4.69) is 20.7 Å². The van der Waals surface area contributed by atoms with E-state index in [0.717, 1.165) is 0 Å². The first-order chi connectivity index (χ1) is 8.13. The normalized spacial score (nSPS) is 9.47. The fraction of sp³-hybridized carbons (Fsp3) is 0.250. The van der Waals surface area contributed by atoms with Crippen LogP contribution in [-0.4, -0.2) is 24.2 Å². The molecule has 0 N–H and O–H groups in total. The van der Waals surface area contributed by atoms with Crippen molar-refractivity contribution in [3.63, 3.8) is 0 Å². The number of benzene rings is 1. The molecule has 4 nitrogen and oxygen atoms in total. The van der Waals surface area contributed by atoms with Gasteiger partial charge in [-0.3, -0.25) is 4.79 Å². The van der Waals surface area contributed by atoms with Crippen LogP contribution in [0.25, 0.3) is 0 Å². The number of nitriles is 1. The van der Waals surface area contributed by atoms with Crippen LogP contribution in [0.15, 0.2) is 18.2 Å². The van der Waals surface area contributed by atoms with Crippen LogP contribution >= 0.6 is 15.9 Å². The molecule has 0 saturated carbocycles. The Kier molecular flexibility index (Phi) is 4.85. The molecule has 0 saturated heterocycles. The van der Waals surface area contributed by atoms with Gasteiger partial charge >= 0.3 is 5.97 Å². The lowest BCUT2D eigenvalue weighted by molar-refractivity contribution is 0.0597. The van der Waals surface area contributed by atoms with Crippen LogP contribution in [0, 0.1) is 11.3 Å². The maximum Gasteiger partial charge on any atom is 0.338 e. The molecule has 1 aromatic carbocycles. The minimum absolute atomic E-state index is 0.192. The number of rotatable bonds is 4. The van der Waals surface area contributed by atoms with Crippen molar-refractivity contribution in [2.24, 2.45) is 0 Å². The molecule has 5 heteroatoms. The van der Waals surface area contributed by atoms with Crippen molar-refractivity contribution < 1.29 is 14.3 Å². The first-order valence-electron chi connectivity index (χ1n) is 4.85. The van der Waals surface area contributed by atoms with Gasteiger partial charge in [-0.05, 0) is 18.2 Å². The van der Waals surface area contributed by atoms with Gasteiger partial charge in [-0.2, -0.15) is 5.26 Å². The highest BCUT2D eigenvalue weighted by molar-refractivity contribution is 9.09. The molecule has 88 valence electrons. The lowest BCUT2D eigenvalue weighted by Crippen LogP contribution is -2.11. The van der Waals surface area contributed by atoms with Crippen molar-refractivity contribution in [3.05, 3.63) is 34.9 Å². The van der Waals surface area contributed by atoms with Gasteiger partial charge < -0.3 is 4.74 Å². The van der Waals surface area contributed by atoms with Crippen molar-refractivity contribution >= 4 is 27.7 Å². The second-order valence-corrected chi connectivity index (χ2v) is 4.02. The predicted molar refractivity (Wildman–Crippen MR) is 65.2 cm³/mol. The molecule has 0 unspecified atom stereocenters. The van der Waals surface area contributed by atoms with Gasteiger partial charge in [-0.25, -0.2) is 4.79 Å². The first-order valence-corrected chi connectivity index (χ1v) is 5.97. The summed E-state index contributed by atoms with van der Waals surface area (Å²) in [6, 6.07) is 6.27. The number of ketones is 1. The van der Waals surface area contributed by atoms with E-state index in [1.54, 1.807) is 0 Å². The molecular formula is C12H10BrNO3. The maximum atomic E-state index is 11.8. The number of hydrogen-bond donors (Lipinski definition) is 0. The Morgan fingerprint density at radius 1 is 1.41 bits per heavy atom. The molecular weight excluding hydrogens is 286 g/mol. The van der Waals surface area contributed by atoms with E-state index in [1.807, 2.05) is 6.07 Å². The highest BCUT2D eigenvalue weighted by Gasteiger charge is 2.17. The van der Waals surface area contributed by atoms with Gasteiger partial charge in [-0.1, -0.05) is 15.9 Å². The van der Waals surface area contributed by atoms with Crippen LogP contribution in [0.5, 0.6) is 0 Å². The number of esters is 1. The van der Waals surface area contributed by atoms with E-state index in [9.17, 15) is 9.59 Å². The molecule has 1 rings (SSSR count). The summed E-state index contributed by atoms with van der Waals surface area (Å²) in [7, 11) is 1.25.